The van der Waals surface area contributed by atoms with Crippen molar-refractivity contribution in [3.8, 4) is 0 Å². The van der Waals surface area contributed by atoms with E-state index in [1.54, 1.807) is 0 Å². The predicted octanol–water partition coefficient (Wildman–Crippen LogP) is 3.54. The number of H-pyrrole nitrogens is 1. The molecule has 2 fully saturated rings. The highest BCUT2D eigenvalue weighted by Crippen LogP contribution is 2.41. The van der Waals surface area contributed by atoms with Crippen molar-refractivity contribution < 1.29 is 4.79 Å². The van der Waals surface area contributed by atoms with E-state index in [0.717, 1.165) is 25.7 Å². The first-order valence-electron chi connectivity index (χ1n) is 10.3. The molecule has 2 unspecified atom stereocenters. The molecular weight excluding hydrogens is 322 g/mol. The Labute approximate surface area is 155 Å². The number of carbonyl (C=O) groups is 1. The minimum atomic E-state index is 0.166. The zero-order valence-corrected chi connectivity index (χ0v) is 15.8. The number of aryl methyl sites for hydroxylation is 1. The molecule has 4 nitrogen and oxygen atoms in total. The third kappa shape index (κ3) is 3.27. The first-order chi connectivity index (χ1) is 12.7. The van der Waals surface area contributed by atoms with Crippen LogP contribution in [0.25, 0.3) is 10.9 Å². The highest BCUT2D eigenvalue weighted by atomic mass is 16.1. The van der Waals surface area contributed by atoms with Gasteiger partial charge in [0.25, 0.3) is 0 Å². The molecule has 4 rings (SSSR count). The summed E-state index contributed by atoms with van der Waals surface area (Å²) < 4.78 is 0. The third-order valence-corrected chi connectivity index (χ3v) is 6.75. The number of rotatable bonds is 5. The van der Waals surface area contributed by atoms with Crippen LogP contribution in [0.3, 0.4) is 0 Å². The van der Waals surface area contributed by atoms with Crippen LogP contribution >= 0.6 is 0 Å². The van der Waals surface area contributed by atoms with Gasteiger partial charge in [-0.25, -0.2) is 0 Å². The second kappa shape index (κ2) is 7.43. The topological polar surface area (TPSA) is 70.9 Å². The molecule has 140 valence electrons. The Morgan fingerprint density at radius 3 is 2.73 bits per heavy atom. The Balaban J connectivity index is 1.34. The Kier molecular flexibility index (Phi) is 5.03. The van der Waals surface area contributed by atoms with E-state index in [9.17, 15) is 4.79 Å². The normalized spacial score (nSPS) is 28.2. The van der Waals surface area contributed by atoms with Gasteiger partial charge in [0.1, 0.15) is 0 Å². The van der Waals surface area contributed by atoms with Gasteiger partial charge in [-0.3, -0.25) is 4.79 Å². The molecule has 2 aromatic rings. The van der Waals surface area contributed by atoms with Crippen LogP contribution in [0.5, 0.6) is 0 Å². The molecule has 0 radical (unpaired) electrons. The van der Waals surface area contributed by atoms with E-state index in [0.29, 0.717) is 24.4 Å². The van der Waals surface area contributed by atoms with Crippen molar-refractivity contribution in [1.29, 1.82) is 0 Å². The lowest BCUT2D eigenvalue weighted by Crippen LogP contribution is -2.49. The molecule has 1 aromatic carbocycles. The highest BCUT2D eigenvalue weighted by Gasteiger charge is 2.40. The third-order valence-electron chi connectivity index (χ3n) is 6.75. The van der Waals surface area contributed by atoms with Crippen molar-refractivity contribution in [2.75, 3.05) is 6.54 Å². The second-order valence-electron chi connectivity index (χ2n) is 8.24. The zero-order valence-electron chi connectivity index (χ0n) is 15.8. The van der Waals surface area contributed by atoms with E-state index in [-0.39, 0.29) is 11.8 Å². The molecule has 0 spiro atoms. The molecule has 0 aliphatic heterocycles. The number of nitrogens with one attached hydrogen (secondary N) is 2. The van der Waals surface area contributed by atoms with Crippen molar-refractivity contribution in [3.63, 3.8) is 0 Å². The molecule has 2 aliphatic carbocycles. The molecule has 2 atom stereocenters. The first kappa shape index (κ1) is 17.6. The Morgan fingerprint density at radius 1 is 1.23 bits per heavy atom. The number of aromatic amines is 1. The van der Waals surface area contributed by atoms with Crippen molar-refractivity contribution in [2.24, 2.45) is 23.5 Å². The number of aromatic nitrogens is 1. The molecule has 4 N–H and O–H groups in total. The van der Waals surface area contributed by atoms with E-state index in [1.165, 1.54) is 41.3 Å². The van der Waals surface area contributed by atoms with Gasteiger partial charge in [0, 0.05) is 35.6 Å². The van der Waals surface area contributed by atoms with E-state index in [2.05, 4.69) is 41.6 Å². The van der Waals surface area contributed by atoms with Crippen LogP contribution in [0.15, 0.2) is 24.4 Å². The molecular formula is C22H31N3O. The summed E-state index contributed by atoms with van der Waals surface area (Å²) in [5.41, 5.74) is 10.2. The van der Waals surface area contributed by atoms with Crippen LogP contribution in [0.2, 0.25) is 0 Å². The number of para-hydroxylation sites is 1. The lowest BCUT2D eigenvalue weighted by molar-refractivity contribution is -0.127. The van der Waals surface area contributed by atoms with Gasteiger partial charge in [0.15, 0.2) is 0 Å². The van der Waals surface area contributed by atoms with Gasteiger partial charge in [-0.2, -0.15) is 0 Å². The summed E-state index contributed by atoms with van der Waals surface area (Å²) >= 11 is 0. The number of amides is 1. The number of hydrogen-bond donors (Lipinski definition) is 3. The Hall–Kier alpha value is -1.81. The van der Waals surface area contributed by atoms with Crippen LogP contribution in [0.1, 0.15) is 50.2 Å². The number of nitrogens with two attached hydrogens (primary N) is 1. The van der Waals surface area contributed by atoms with Gasteiger partial charge in [-0.1, -0.05) is 31.5 Å². The van der Waals surface area contributed by atoms with Crippen LogP contribution in [0, 0.1) is 17.8 Å². The predicted molar refractivity (Wildman–Crippen MR) is 106 cm³/mol. The summed E-state index contributed by atoms with van der Waals surface area (Å²) in [7, 11) is 0. The first-order valence-corrected chi connectivity index (χ1v) is 10.3. The minimum absolute atomic E-state index is 0.166. The molecule has 1 aromatic heterocycles. The number of fused-ring (bicyclic) bond motifs is 3. The van der Waals surface area contributed by atoms with E-state index >= 15 is 0 Å². The largest absolute Gasteiger partial charge is 0.361 e. The van der Waals surface area contributed by atoms with Crippen LogP contribution in [-0.2, 0) is 17.6 Å². The smallest absolute Gasteiger partial charge is 0.223 e. The average molecular weight is 354 g/mol. The number of benzene rings is 1. The van der Waals surface area contributed by atoms with Crippen LogP contribution in [0.4, 0.5) is 0 Å². The lowest BCUT2D eigenvalue weighted by atomic mass is 9.65. The maximum Gasteiger partial charge on any atom is 0.223 e. The summed E-state index contributed by atoms with van der Waals surface area (Å²) in [5.74, 6) is 1.52. The molecule has 1 amide bonds. The molecule has 4 heteroatoms. The fourth-order valence-electron chi connectivity index (χ4n) is 5.24. The Morgan fingerprint density at radius 2 is 2.00 bits per heavy atom. The van der Waals surface area contributed by atoms with Gasteiger partial charge in [0.05, 0.1) is 0 Å². The van der Waals surface area contributed by atoms with Crippen molar-refractivity contribution in [3.05, 3.63) is 35.5 Å². The summed E-state index contributed by atoms with van der Waals surface area (Å²) in [6, 6.07) is 6.80. The molecule has 26 heavy (non-hydrogen) atoms. The van der Waals surface area contributed by atoms with E-state index in [4.69, 9.17) is 5.73 Å². The van der Waals surface area contributed by atoms with Crippen molar-refractivity contribution >= 4 is 16.8 Å². The standard InChI is InChI=1S/C22H31N3O/c1-2-14-5-4-8-19-17(13-25-21(14)19)9-10-24-22(26)18-11-15-6-3-7-16(12-18)20(15)23/h4-5,8,13,15-16,18,20,25H,2-3,6-7,9-12,23H2,1H3,(H,24,26). The monoisotopic (exact) mass is 353 g/mol. The summed E-state index contributed by atoms with van der Waals surface area (Å²) in [4.78, 5) is 16.1. The average Bonchev–Trinajstić information content (AvgIpc) is 3.04. The maximum absolute atomic E-state index is 12.7. The molecule has 0 saturated heterocycles. The fraction of sp³-hybridized carbons (Fsp3) is 0.591. The van der Waals surface area contributed by atoms with Gasteiger partial charge in [0.2, 0.25) is 5.91 Å². The van der Waals surface area contributed by atoms with Crippen LogP contribution in [-0.4, -0.2) is 23.5 Å². The fourth-order valence-corrected chi connectivity index (χ4v) is 5.24. The van der Waals surface area contributed by atoms with Crippen LogP contribution < -0.4 is 11.1 Å². The molecule has 2 bridgehead atoms. The van der Waals surface area contributed by atoms with E-state index in [1.807, 2.05) is 0 Å². The van der Waals surface area contributed by atoms with Gasteiger partial charge < -0.3 is 16.0 Å². The van der Waals surface area contributed by atoms with Gasteiger partial charge >= 0.3 is 0 Å². The molecule has 2 saturated carbocycles. The van der Waals surface area contributed by atoms with Crippen molar-refractivity contribution in [2.45, 2.75) is 57.9 Å². The van der Waals surface area contributed by atoms with Gasteiger partial charge in [-0.15, -0.1) is 0 Å². The summed E-state index contributed by atoms with van der Waals surface area (Å²) in [5, 5.41) is 4.48. The molecule has 2 aliphatic rings. The lowest BCUT2D eigenvalue weighted by Gasteiger charge is -2.43. The second-order valence-corrected chi connectivity index (χ2v) is 8.24. The van der Waals surface area contributed by atoms with E-state index < -0.39 is 0 Å². The van der Waals surface area contributed by atoms with Crippen molar-refractivity contribution in [1.82, 2.24) is 10.3 Å². The minimum Gasteiger partial charge on any atom is -0.361 e. The molecule has 1 heterocycles. The zero-order chi connectivity index (χ0) is 18.1. The number of hydrogen-bond acceptors (Lipinski definition) is 2. The maximum atomic E-state index is 12.7. The Bertz CT molecular complexity index is 767. The number of carbonyl (C=O) groups excluding carboxylic acids is 1. The highest BCUT2D eigenvalue weighted by molar-refractivity contribution is 5.86. The van der Waals surface area contributed by atoms with Gasteiger partial charge in [-0.05, 0) is 61.5 Å². The quantitative estimate of drug-likeness (QED) is 0.769. The summed E-state index contributed by atoms with van der Waals surface area (Å²) in [6.45, 7) is 2.89. The summed E-state index contributed by atoms with van der Waals surface area (Å²) in [6.07, 6.45) is 9.66. The SMILES string of the molecule is CCc1cccc2c(CCNC(=O)C3CC4CCCC(C3)C4N)c[nH]c12.